The molecule has 0 aromatic heterocycles. The van der Waals surface area contributed by atoms with E-state index < -0.39 is 18.3 Å². The van der Waals surface area contributed by atoms with Crippen molar-refractivity contribution in [3.05, 3.63) is 6.08 Å². The van der Waals surface area contributed by atoms with E-state index in [0.29, 0.717) is 6.08 Å². The van der Waals surface area contributed by atoms with Gasteiger partial charge in [-0.05, 0) is 0 Å². The van der Waals surface area contributed by atoms with E-state index in [1.165, 1.54) is 0 Å². The van der Waals surface area contributed by atoms with Crippen LogP contribution in [0.3, 0.4) is 0 Å². The van der Waals surface area contributed by atoms with Crippen molar-refractivity contribution in [3.8, 4) is 0 Å². The van der Waals surface area contributed by atoms with Crippen LogP contribution in [0.1, 0.15) is 13.3 Å². The average Bonchev–Trinajstić information content (AvgIpc) is 1.81. The van der Waals surface area contributed by atoms with E-state index in [1.54, 1.807) is 0 Å². The second-order valence-corrected chi connectivity index (χ2v) is 2.12. The van der Waals surface area contributed by atoms with Crippen LogP contribution >= 0.6 is 0 Å². The van der Waals surface area contributed by atoms with Gasteiger partial charge in [-0.2, -0.15) is 8.78 Å². The number of alkyl halides is 4. The molecule has 64 valence electrons. The number of hydrogen-bond donors (Lipinski definition) is 0. The zero-order chi connectivity index (χ0) is 9.12. The van der Waals surface area contributed by atoms with E-state index >= 15 is 0 Å². The third kappa shape index (κ3) is 2.72. The molecule has 0 heterocycles. The Morgan fingerprint density at radius 1 is 1.36 bits per heavy atom. The van der Waals surface area contributed by atoms with Crippen LogP contribution in [0.2, 0.25) is 0 Å². The Hall–Kier alpha value is -0.830. The second kappa shape index (κ2) is 3.05. The summed E-state index contributed by atoms with van der Waals surface area (Å²) >= 11 is 0. The van der Waals surface area contributed by atoms with E-state index in [2.05, 4.69) is 0 Å². The molecule has 0 saturated heterocycles. The van der Waals surface area contributed by atoms with Crippen LogP contribution in [0.25, 0.3) is 0 Å². The zero-order valence-electron chi connectivity index (χ0n) is 5.70. The summed E-state index contributed by atoms with van der Waals surface area (Å²) < 4.78 is 48.2. The van der Waals surface area contributed by atoms with Gasteiger partial charge in [0.1, 0.15) is 5.94 Å². The zero-order valence-corrected chi connectivity index (χ0v) is 5.70. The first-order valence-corrected chi connectivity index (χ1v) is 2.76. The van der Waals surface area contributed by atoms with Gasteiger partial charge in [0, 0.05) is 19.4 Å². The summed E-state index contributed by atoms with van der Waals surface area (Å²) in [6.45, 7) is 0.103. The maximum Gasteiger partial charge on any atom is 0.314 e. The van der Waals surface area contributed by atoms with Crippen LogP contribution < -0.4 is 0 Å². The van der Waals surface area contributed by atoms with E-state index in [-0.39, 0.29) is 6.92 Å². The Morgan fingerprint density at radius 3 is 2.09 bits per heavy atom. The third-order valence-electron chi connectivity index (χ3n) is 1.08. The highest BCUT2D eigenvalue weighted by molar-refractivity contribution is 5.45. The minimum atomic E-state index is -4.16. The lowest BCUT2D eigenvalue weighted by atomic mass is 10.1. The molecule has 0 aromatic rings. The molecule has 0 rings (SSSR count). The molecule has 0 unspecified atom stereocenters. The molecule has 5 heteroatoms. The number of rotatable bonds is 3. The van der Waals surface area contributed by atoms with E-state index in [4.69, 9.17) is 0 Å². The smallest absolute Gasteiger partial charge is 0.234 e. The number of hydrogen-bond acceptors (Lipinski definition) is 1. The van der Waals surface area contributed by atoms with Crippen LogP contribution in [-0.4, -0.2) is 17.8 Å². The minimum Gasteiger partial charge on any atom is -0.234 e. The standard InChI is InChI=1S/C6H6F4O/c1-5(7,8)6(9,10)3-2-4-11/h2H,3H2,1H3. The highest BCUT2D eigenvalue weighted by Crippen LogP contribution is 2.36. The highest BCUT2D eigenvalue weighted by atomic mass is 19.3. The fraction of sp³-hybridized carbons (Fsp3) is 0.667. The summed E-state index contributed by atoms with van der Waals surface area (Å²) in [6.07, 6.45) is -0.933. The van der Waals surface area contributed by atoms with Gasteiger partial charge in [0.15, 0.2) is 0 Å². The lowest BCUT2D eigenvalue weighted by Gasteiger charge is -2.20. The van der Waals surface area contributed by atoms with Gasteiger partial charge >= 0.3 is 11.8 Å². The predicted octanol–water partition coefficient (Wildman–Crippen LogP) is 2.05. The van der Waals surface area contributed by atoms with E-state index in [0.717, 1.165) is 5.94 Å². The first-order valence-electron chi connectivity index (χ1n) is 2.76. The van der Waals surface area contributed by atoms with Gasteiger partial charge in [-0.15, -0.1) is 0 Å². The molecule has 0 aromatic carbocycles. The lowest BCUT2D eigenvalue weighted by molar-refractivity contribution is -0.194. The number of carbonyl (C=O) groups excluding carboxylic acids is 1. The van der Waals surface area contributed by atoms with Gasteiger partial charge in [0.05, 0.1) is 0 Å². The predicted molar refractivity (Wildman–Crippen MR) is 30.4 cm³/mol. The molecule has 0 aliphatic carbocycles. The van der Waals surface area contributed by atoms with Crippen LogP contribution in [0.15, 0.2) is 6.08 Å². The molecule has 0 amide bonds. The Bertz CT molecular complexity index is 176. The van der Waals surface area contributed by atoms with Gasteiger partial charge in [-0.3, -0.25) is 0 Å². The Labute approximate surface area is 60.7 Å². The fourth-order valence-corrected chi connectivity index (χ4v) is 0.349. The highest BCUT2D eigenvalue weighted by Gasteiger charge is 2.50. The molecule has 1 nitrogen and oxygen atoms in total. The Balaban J connectivity index is 4.33. The average molecular weight is 170 g/mol. The van der Waals surface area contributed by atoms with Gasteiger partial charge in [-0.1, -0.05) is 0 Å². The van der Waals surface area contributed by atoms with Crippen molar-refractivity contribution in [1.82, 2.24) is 0 Å². The van der Waals surface area contributed by atoms with E-state index in [1.807, 2.05) is 0 Å². The quantitative estimate of drug-likeness (QED) is 0.468. The van der Waals surface area contributed by atoms with Crippen LogP contribution in [0, 0.1) is 0 Å². The summed E-state index contributed by atoms with van der Waals surface area (Å²) in [5.74, 6) is -7.25. The van der Waals surface area contributed by atoms with Crippen LogP contribution in [0.5, 0.6) is 0 Å². The third-order valence-corrected chi connectivity index (χ3v) is 1.08. The molecule has 0 aliphatic rings. The fourth-order valence-electron chi connectivity index (χ4n) is 0.349. The SMILES string of the molecule is CC(F)(F)C(F)(F)CC=C=O. The second-order valence-electron chi connectivity index (χ2n) is 2.12. The number of halogens is 4. The normalized spacial score (nSPS) is 12.5. The monoisotopic (exact) mass is 170 g/mol. The van der Waals surface area contributed by atoms with Crippen molar-refractivity contribution in [2.75, 3.05) is 0 Å². The summed E-state index contributed by atoms with van der Waals surface area (Å²) in [5, 5.41) is 0. The minimum absolute atomic E-state index is 0.103. The van der Waals surface area contributed by atoms with Crippen LogP contribution in [0.4, 0.5) is 17.6 Å². The van der Waals surface area contributed by atoms with Crippen molar-refractivity contribution in [3.63, 3.8) is 0 Å². The molecule has 0 saturated carbocycles. The van der Waals surface area contributed by atoms with Gasteiger partial charge in [0.2, 0.25) is 0 Å². The van der Waals surface area contributed by atoms with E-state index in [9.17, 15) is 22.4 Å². The molecule has 0 spiro atoms. The molecular formula is C6H6F4O. The molecule has 0 atom stereocenters. The molecule has 0 aliphatic heterocycles. The summed E-state index contributed by atoms with van der Waals surface area (Å²) in [7, 11) is 0. The molecule has 0 N–H and O–H groups in total. The van der Waals surface area contributed by atoms with Crippen molar-refractivity contribution in [2.45, 2.75) is 25.2 Å². The van der Waals surface area contributed by atoms with Crippen molar-refractivity contribution in [2.24, 2.45) is 0 Å². The van der Waals surface area contributed by atoms with Gasteiger partial charge < -0.3 is 0 Å². The summed E-state index contributed by atoms with van der Waals surface area (Å²) in [5.41, 5.74) is 0. The Kier molecular flexibility index (Phi) is 2.82. The van der Waals surface area contributed by atoms with Crippen molar-refractivity contribution in [1.29, 1.82) is 0 Å². The molecule has 0 bridgehead atoms. The molecule has 0 radical (unpaired) electrons. The maximum absolute atomic E-state index is 12.2. The molecule has 11 heavy (non-hydrogen) atoms. The Morgan fingerprint density at radius 2 is 1.82 bits per heavy atom. The van der Waals surface area contributed by atoms with Gasteiger partial charge in [-0.25, -0.2) is 13.6 Å². The topological polar surface area (TPSA) is 17.1 Å². The number of allylic oxidation sites excluding steroid dienone is 1. The largest absolute Gasteiger partial charge is 0.314 e. The van der Waals surface area contributed by atoms with Crippen LogP contribution in [-0.2, 0) is 4.79 Å². The van der Waals surface area contributed by atoms with Crippen molar-refractivity contribution < 1.29 is 22.4 Å². The summed E-state index contributed by atoms with van der Waals surface area (Å²) in [4.78, 5) is 9.42. The van der Waals surface area contributed by atoms with Gasteiger partial charge in [0.25, 0.3) is 0 Å². The summed E-state index contributed by atoms with van der Waals surface area (Å²) in [6, 6.07) is 0. The maximum atomic E-state index is 12.2. The first-order chi connectivity index (χ1) is 4.81. The first kappa shape index (κ1) is 10.2. The lowest BCUT2D eigenvalue weighted by Crippen LogP contribution is -2.36. The molecular weight excluding hydrogens is 164 g/mol. The molecule has 0 fully saturated rings. The van der Waals surface area contributed by atoms with Crippen molar-refractivity contribution >= 4 is 5.94 Å².